The largest absolute Gasteiger partial charge is 0.338 e. The number of carbonyl (C=O) groups is 1. The van der Waals surface area contributed by atoms with Crippen molar-refractivity contribution in [2.24, 2.45) is 0 Å². The predicted octanol–water partition coefficient (Wildman–Crippen LogP) is 3.75. The van der Waals surface area contributed by atoms with E-state index in [0.717, 1.165) is 25.2 Å². The summed E-state index contributed by atoms with van der Waals surface area (Å²) in [6, 6.07) is 5.20. The molecule has 134 valence electrons. The summed E-state index contributed by atoms with van der Waals surface area (Å²) in [7, 11) is 0. The Balaban J connectivity index is 1.55. The van der Waals surface area contributed by atoms with Crippen LogP contribution in [0, 0.1) is 0 Å². The summed E-state index contributed by atoms with van der Waals surface area (Å²) in [5.74, 6) is 0.0592. The van der Waals surface area contributed by atoms with Gasteiger partial charge in [0.25, 0.3) is 0 Å². The fourth-order valence-electron chi connectivity index (χ4n) is 2.92. The molecule has 0 saturated carbocycles. The summed E-state index contributed by atoms with van der Waals surface area (Å²) in [5, 5.41) is 5.96. The van der Waals surface area contributed by atoms with Crippen LogP contribution in [0.3, 0.4) is 0 Å². The first-order chi connectivity index (χ1) is 11.9. The number of amides is 1. The molecule has 1 amide bonds. The lowest BCUT2D eigenvalue weighted by molar-refractivity contribution is -0.136. The third-order valence-electron chi connectivity index (χ3n) is 4.42. The van der Waals surface area contributed by atoms with Crippen LogP contribution in [0.5, 0.6) is 0 Å². The smallest absolute Gasteiger partial charge is 0.247 e. The number of hydrogen-bond acceptors (Lipinski definition) is 3. The Bertz CT molecular complexity index is 756. The van der Waals surface area contributed by atoms with Crippen molar-refractivity contribution in [2.45, 2.75) is 19.5 Å². The van der Waals surface area contributed by atoms with Crippen molar-refractivity contribution in [1.82, 2.24) is 19.6 Å². The number of rotatable bonds is 4. The molecule has 0 radical (unpaired) electrons. The highest BCUT2D eigenvalue weighted by atomic mass is 35.5. The average molecular weight is 402 g/mol. The molecule has 0 bridgehead atoms. The maximum absolute atomic E-state index is 12.6. The van der Waals surface area contributed by atoms with Gasteiger partial charge in [-0.1, -0.05) is 40.9 Å². The first-order valence-electron chi connectivity index (χ1n) is 8.09. The van der Waals surface area contributed by atoms with Crippen molar-refractivity contribution in [1.29, 1.82) is 0 Å². The second kappa shape index (κ2) is 7.96. The molecule has 1 saturated heterocycles. The summed E-state index contributed by atoms with van der Waals surface area (Å²) >= 11 is 18.1. The first kappa shape index (κ1) is 18.5. The first-order valence-corrected chi connectivity index (χ1v) is 9.22. The summed E-state index contributed by atoms with van der Waals surface area (Å²) in [6.07, 6.45) is 3.21. The summed E-state index contributed by atoms with van der Waals surface area (Å²) in [5.41, 5.74) is 1.05. The van der Waals surface area contributed by atoms with Crippen molar-refractivity contribution in [3.8, 4) is 0 Å². The van der Waals surface area contributed by atoms with E-state index in [1.54, 1.807) is 23.1 Å². The van der Waals surface area contributed by atoms with Gasteiger partial charge in [0.15, 0.2) is 0 Å². The molecule has 1 aromatic heterocycles. The molecule has 1 atom stereocenters. The average Bonchev–Trinajstić information content (AvgIpc) is 3.03. The molecule has 1 aliphatic heterocycles. The molecule has 1 aliphatic rings. The fraction of sp³-hybridized carbons (Fsp3) is 0.412. The molecule has 0 aliphatic carbocycles. The van der Waals surface area contributed by atoms with Crippen LogP contribution in [0.2, 0.25) is 15.1 Å². The number of hydrogen-bond donors (Lipinski definition) is 0. The van der Waals surface area contributed by atoms with E-state index in [-0.39, 0.29) is 11.9 Å². The minimum atomic E-state index is -0.357. The Labute approximate surface area is 162 Å². The summed E-state index contributed by atoms with van der Waals surface area (Å²) < 4.78 is 1.60. The maximum Gasteiger partial charge on any atom is 0.247 e. The van der Waals surface area contributed by atoms with Crippen molar-refractivity contribution in [3.63, 3.8) is 0 Å². The maximum atomic E-state index is 12.6. The number of carbonyl (C=O) groups excluding carboxylic acids is 1. The molecule has 3 rings (SSSR count). The molecule has 1 fully saturated rings. The zero-order valence-electron chi connectivity index (χ0n) is 13.8. The number of nitrogens with zero attached hydrogens (tertiary/aromatic N) is 4. The van der Waals surface area contributed by atoms with Crippen LogP contribution >= 0.6 is 34.8 Å². The molecule has 0 N–H and O–H groups in total. The van der Waals surface area contributed by atoms with E-state index in [1.807, 2.05) is 24.0 Å². The van der Waals surface area contributed by atoms with E-state index < -0.39 is 0 Å². The minimum Gasteiger partial charge on any atom is -0.338 e. The SMILES string of the molecule is CC(C(=O)N1CCN(Cc2ccc(Cl)cc2Cl)CC1)n1cc(Cl)cn1. The topological polar surface area (TPSA) is 41.4 Å². The highest BCUT2D eigenvalue weighted by Gasteiger charge is 2.26. The summed E-state index contributed by atoms with van der Waals surface area (Å²) in [4.78, 5) is 16.8. The molecular formula is C17H19Cl3N4O. The zero-order valence-corrected chi connectivity index (χ0v) is 16.1. The van der Waals surface area contributed by atoms with Crippen molar-refractivity contribution >= 4 is 40.7 Å². The highest BCUT2D eigenvalue weighted by Crippen LogP contribution is 2.23. The van der Waals surface area contributed by atoms with Gasteiger partial charge in [-0.25, -0.2) is 0 Å². The standard InChI is InChI=1S/C17H19Cl3N4O/c1-12(24-11-15(19)9-21-24)17(25)23-6-4-22(5-7-23)10-13-2-3-14(18)8-16(13)20/h2-3,8-9,11-12H,4-7,10H2,1H3. The molecule has 1 unspecified atom stereocenters. The lowest BCUT2D eigenvalue weighted by atomic mass is 10.2. The molecule has 2 heterocycles. The monoisotopic (exact) mass is 400 g/mol. The van der Waals surface area contributed by atoms with Gasteiger partial charge in [-0.15, -0.1) is 0 Å². The van der Waals surface area contributed by atoms with Crippen LogP contribution < -0.4 is 0 Å². The number of aromatic nitrogens is 2. The second-order valence-electron chi connectivity index (χ2n) is 6.15. The second-order valence-corrected chi connectivity index (χ2v) is 7.43. The van der Waals surface area contributed by atoms with Crippen LogP contribution in [-0.2, 0) is 11.3 Å². The van der Waals surface area contributed by atoms with E-state index >= 15 is 0 Å². The third-order valence-corrected chi connectivity index (χ3v) is 5.20. The van der Waals surface area contributed by atoms with Crippen LogP contribution in [-0.4, -0.2) is 51.7 Å². The van der Waals surface area contributed by atoms with Crippen LogP contribution in [0.25, 0.3) is 0 Å². The van der Waals surface area contributed by atoms with Gasteiger partial charge in [-0.3, -0.25) is 14.4 Å². The normalized spacial score (nSPS) is 16.9. The van der Waals surface area contributed by atoms with Gasteiger partial charge in [0.05, 0.1) is 11.2 Å². The van der Waals surface area contributed by atoms with Crippen LogP contribution in [0.4, 0.5) is 0 Å². The zero-order chi connectivity index (χ0) is 18.0. The molecule has 2 aromatic rings. The van der Waals surface area contributed by atoms with Gasteiger partial charge in [0, 0.05) is 49.0 Å². The quantitative estimate of drug-likeness (QED) is 0.783. The lowest BCUT2D eigenvalue weighted by Gasteiger charge is -2.36. The highest BCUT2D eigenvalue weighted by molar-refractivity contribution is 6.35. The van der Waals surface area contributed by atoms with E-state index in [9.17, 15) is 4.79 Å². The Morgan fingerprint density at radius 1 is 1.16 bits per heavy atom. The van der Waals surface area contributed by atoms with Crippen molar-refractivity contribution in [3.05, 3.63) is 51.2 Å². The predicted molar refractivity (Wildman–Crippen MR) is 100 cm³/mol. The lowest BCUT2D eigenvalue weighted by Crippen LogP contribution is -2.50. The Morgan fingerprint density at radius 2 is 1.88 bits per heavy atom. The van der Waals surface area contributed by atoms with Gasteiger partial charge >= 0.3 is 0 Å². The van der Waals surface area contributed by atoms with E-state index in [2.05, 4.69) is 10.00 Å². The molecule has 25 heavy (non-hydrogen) atoms. The number of halogens is 3. The van der Waals surface area contributed by atoms with Gasteiger partial charge in [-0.05, 0) is 24.6 Å². The fourth-order valence-corrected chi connectivity index (χ4v) is 3.53. The van der Waals surface area contributed by atoms with Crippen molar-refractivity contribution in [2.75, 3.05) is 26.2 Å². The minimum absolute atomic E-state index is 0.0592. The van der Waals surface area contributed by atoms with Gasteiger partial charge in [0.1, 0.15) is 6.04 Å². The van der Waals surface area contributed by atoms with E-state index in [4.69, 9.17) is 34.8 Å². The summed E-state index contributed by atoms with van der Waals surface area (Å²) in [6.45, 7) is 5.56. The van der Waals surface area contributed by atoms with Crippen LogP contribution in [0.15, 0.2) is 30.6 Å². The van der Waals surface area contributed by atoms with Crippen molar-refractivity contribution < 1.29 is 4.79 Å². The molecule has 8 heteroatoms. The Kier molecular flexibility index (Phi) is 5.89. The molecule has 1 aromatic carbocycles. The van der Waals surface area contributed by atoms with Crippen LogP contribution in [0.1, 0.15) is 18.5 Å². The number of piperazine rings is 1. The van der Waals surface area contributed by atoms with E-state index in [0.29, 0.717) is 28.2 Å². The van der Waals surface area contributed by atoms with Gasteiger partial charge < -0.3 is 4.90 Å². The van der Waals surface area contributed by atoms with E-state index in [1.165, 1.54) is 0 Å². The third kappa shape index (κ3) is 4.47. The Morgan fingerprint density at radius 3 is 2.48 bits per heavy atom. The molecular weight excluding hydrogens is 383 g/mol. The van der Waals surface area contributed by atoms with Gasteiger partial charge in [-0.2, -0.15) is 5.10 Å². The van der Waals surface area contributed by atoms with Gasteiger partial charge in [0.2, 0.25) is 5.91 Å². The molecule has 0 spiro atoms. The number of benzene rings is 1. The Hall–Kier alpha value is -1.27. The molecule has 5 nitrogen and oxygen atoms in total.